The molecule has 0 saturated heterocycles. The predicted octanol–water partition coefficient (Wildman–Crippen LogP) is 3.45. The molecule has 18 heavy (non-hydrogen) atoms. The molecule has 1 aliphatic rings. The van der Waals surface area contributed by atoms with Crippen LogP contribution in [0.15, 0.2) is 36.5 Å². The first-order chi connectivity index (χ1) is 8.66. The molecule has 2 aromatic rings. The van der Waals surface area contributed by atoms with Crippen molar-refractivity contribution in [3.63, 3.8) is 0 Å². The van der Waals surface area contributed by atoms with Crippen LogP contribution in [0, 0.1) is 0 Å². The van der Waals surface area contributed by atoms with Gasteiger partial charge in [0.05, 0.1) is 17.6 Å². The number of nitrogens with zero attached hydrogens (tertiary/aromatic N) is 3. The molecule has 0 unspecified atom stereocenters. The molecule has 3 rings (SSSR count). The third-order valence-electron chi connectivity index (χ3n) is 3.36. The molecular weight excluding hydrogens is 246 g/mol. The lowest BCUT2D eigenvalue weighted by atomic mass is 10.1. The highest BCUT2D eigenvalue weighted by Crippen LogP contribution is 2.39. The van der Waals surface area contributed by atoms with E-state index in [0.717, 1.165) is 17.9 Å². The first-order valence-electron chi connectivity index (χ1n) is 5.85. The highest BCUT2D eigenvalue weighted by atomic mass is 35.5. The first kappa shape index (κ1) is 11.4. The van der Waals surface area contributed by atoms with E-state index >= 15 is 0 Å². The molecule has 0 amide bonds. The maximum Gasteiger partial charge on any atom is 0.131 e. The highest BCUT2D eigenvalue weighted by Gasteiger charge is 2.20. The lowest BCUT2D eigenvalue weighted by Gasteiger charge is -2.22. The van der Waals surface area contributed by atoms with Crippen LogP contribution < -0.4 is 9.80 Å². The number of benzene rings is 1. The Morgan fingerprint density at radius 1 is 1.11 bits per heavy atom. The minimum Gasteiger partial charge on any atom is -0.367 e. The van der Waals surface area contributed by atoms with E-state index in [4.69, 9.17) is 11.6 Å². The van der Waals surface area contributed by atoms with Crippen LogP contribution in [-0.2, 0) is 6.54 Å². The molecule has 0 saturated carbocycles. The number of halogens is 1. The van der Waals surface area contributed by atoms with Crippen molar-refractivity contribution in [3.05, 3.63) is 47.2 Å². The van der Waals surface area contributed by atoms with Gasteiger partial charge in [-0.3, -0.25) is 0 Å². The van der Waals surface area contributed by atoms with Crippen molar-refractivity contribution >= 4 is 28.7 Å². The Bertz CT molecular complexity index is 597. The standard InChI is InChI=1S/C14H14ClN3/c1-17-9-10-5-3-4-6-11(10)18(2)12-7-14(15)16-8-13(12)17/h3-8H,9H2,1-2H3. The minimum atomic E-state index is 0.522. The van der Waals surface area contributed by atoms with Gasteiger partial charge in [0, 0.05) is 32.4 Å². The number of rotatable bonds is 0. The van der Waals surface area contributed by atoms with Crippen molar-refractivity contribution in [3.8, 4) is 0 Å². The van der Waals surface area contributed by atoms with E-state index in [1.165, 1.54) is 11.3 Å². The second kappa shape index (κ2) is 4.18. The maximum atomic E-state index is 6.01. The second-order valence-electron chi connectivity index (χ2n) is 4.54. The predicted molar refractivity (Wildman–Crippen MR) is 75.9 cm³/mol. The zero-order chi connectivity index (χ0) is 12.7. The van der Waals surface area contributed by atoms with Crippen LogP contribution in [-0.4, -0.2) is 19.1 Å². The van der Waals surface area contributed by atoms with Gasteiger partial charge in [0.1, 0.15) is 5.15 Å². The van der Waals surface area contributed by atoms with E-state index < -0.39 is 0 Å². The quantitative estimate of drug-likeness (QED) is 0.676. The Hall–Kier alpha value is -1.74. The van der Waals surface area contributed by atoms with Crippen LogP contribution in [0.25, 0.3) is 0 Å². The largest absolute Gasteiger partial charge is 0.367 e. The molecule has 1 aromatic carbocycles. The van der Waals surface area contributed by atoms with Crippen molar-refractivity contribution in [2.75, 3.05) is 23.9 Å². The van der Waals surface area contributed by atoms with Gasteiger partial charge >= 0.3 is 0 Å². The SMILES string of the molecule is CN1Cc2ccccc2N(C)c2cc(Cl)ncc21. The molecule has 1 aliphatic heterocycles. The summed E-state index contributed by atoms with van der Waals surface area (Å²) >= 11 is 6.01. The number of hydrogen-bond acceptors (Lipinski definition) is 3. The fraction of sp³-hybridized carbons (Fsp3) is 0.214. The van der Waals surface area contributed by atoms with Crippen LogP contribution in [0.3, 0.4) is 0 Å². The van der Waals surface area contributed by atoms with Gasteiger partial charge in [0.2, 0.25) is 0 Å². The van der Waals surface area contributed by atoms with Crippen LogP contribution in [0.5, 0.6) is 0 Å². The topological polar surface area (TPSA) is 19.4 Å². The Kier molecular flexibility index (Phi) is 2.63. The molecule has 0 atom stereocenters. The molecule has 1 aromatic heterocycles. The third kappa shape index (κ3) is 1.71. The minimum absolute atomic E-state index is 0.522. The molecule has 0 spiro atoms. The average Bonchev–Trinajstić information content (AvgIpc) is 2.47. The van der Waals surface area contributed by atoms with Gasteiger partial charge in [0.15, 0.2) is 0 Å². The lowest BCUT2D eigenvalue weighted by molar-refractivity contribution is 0.930. The molecule has 92 valence electrons. The van der Waals surface area contributed by atoms with Gasteiger partial charge < -0.3 is 9.80 Å². The van der Waals surface area contributed by atoms with Gasteiger partial charge in [-0.1, -0.05) is 29.8 Å². The van der Waals surface area contributed by atoms with Gasteiger partial charge in [-0.05, 0) is 11.6 Å². The van der Waals surface area contributed by atoms with Crippen molar-refractivity contribution in [1.82, 2.24) is 4.98 Å². The van der Waals surface area contributed by atoms with E-state index in [2.05, 4.69) is 53.1 Å². The second-order valence-corrected chi connectivity index (χ2v) is 4.93. The summed E-state index contributed by atoms with van der Waals surface area (Å²) in [5, 5.41) is 0.522. The number of pyridine rings is 1. The van der Waals surface area contributed by atoms with E-state index in [-0.39, 0.29) is 0 Å². The van der Waals surface area contributed by atoms with E-state index in [9.17, 15) is 0 Å². The van der Waals surface area contributed by atoms with Gasteiger partial charge in [-0.25, -0.2) is 4.98 Å². The fourth-order valence-electron chi connectivity index (χ4n) is 2.42. The summed E-state index contributed by atoms with van der Waals surface area (Å²) in [6, 6.07) is 10.3. The molecule has 0 N–H and O–H groups in total. The Morgan fingerprint density at radius 3 is 2.72 bits per heavy atom. The Morgan fingerprint density at radius 2 is 1.89 bits per heavy atom. The van der Waals surface area contributed by atoms with Gasteiger partial charge in [0.25, 0.3) is 0 Å². The van der Waals surface area contributed by atoms with Crippen molar-refractivity contribution < 1.29 is 0 Å². The van der Waals surface area contributed by atoms with E-state index in [0.29, 0.717) is 5.15 Å². The Balaban J connectivity index is 2.23. The highest BCUT2D eigenvalue weighted by molar-refractivity contribution is 6.29. The molecule has 2 heterocycles. The zero-order valence-corrected chi connectivity index (χ0v) is 11.1. The molecule has 4 heteroatoms. The summed E-state index contributed by atoms with van der Waals surface area (Å²) in [6.45, 7) is 0.872. The average molecular weight is 260 g/mol. The molecule has 0 fully saturated rings. The van der Waals surface area contributed by atoms with Crippen LogP contribution in [0.4, 0.5) is 17.1 Å². The fourth-order valence-corrected chi connectivity index (χ4v) is 2.57. The third-order valence-corrected chi connectivity index (χ3v) is 3.57. The summed E-state index contributed by atoms with van der Waals surface area (Å²) in [6.07, 6.45) is 1.83. The van der Waals surface area contributed by atoms with Crippen LogP contribution in [0.2, 0.25) is 5.15 Å². The smallest absolute Gasteiger partial charge is 0.131 e. The van der Waals surface area contributed by atoms with Gasteiger partial charge in [-0.15, -0.1) is 0 Å². The first-order valence-corrected chi connectivity index (χ1v) is 6.23. The zero-order valence-electron chi connectivity index (χ0n) is 10.4. The lowest BCUT2D eigenvalue weighted by Crippen LogP contribution is -2.15. The number of aromatic nitrogens is 1. The van der Waals surface area contributed by atoms with E-state index in [1.807, 2.05) is 12.3 Å². The van der Waals surface area contributed by atoms with Crippen LogP contribution in [0.1, 0.15) is 5.56 Å². The molecular formula is C14H14ClN3. The normalized spacial score (nSPS) is 13.9. The number of hydrogen-bond donors (Lipinski definition) is 0. The van der Waals surface area contributed by atoms with Crippen LogP contribution >= 0.6 is 11.6 Å². The number of para-hydroxylation sites is 1. The number of fused-ring (bicyclic) bond motifs is 2. The van der Waals surface area contributed by atoms with Crippen molar-refractivity contribution in [2.45, 2.75) is 6.54 Å². The summed E-state index contributed by atoms with van der Waals surface area (Å²) in [4.78, 5) is 8.54. The summed E-state index contributed by atoms with van der Waals surface area (Å²) in [5.41, 5.74) is 4.70. The molecule has 3 nitrogen and oxygen atoms in total. The summed E-state index contributed by atoms with van der Waals surface area (Å²) < 4.78 is 0. The summed E-state index contributed by atoms with van der Waals surface area (Å²) in [5.74, 6) is 0. The van der Waals surface area contributed by atoms with E-state index in [1.54, 1.807) is 0 Å². The molecule has 0 aliphatic carbocycles. The maximum absolute atomic E-state index is 6.01. The Labute approximate surface area is 112 Å². The van der Waals surface area contributed by atoms with Crippen molar-refractivity contribution in [1.29, 1.82) is 0 Å². The number of anilines is 3. The monoisotopic (exact) mass is 259 g/mol. The van der Waals surface area contributed by atoms with Crippen molar-refractivity contribution in [2.24, 2.45) is 0 Å². The van der Waals surface area contributed by atoms with Gasteiger partial charge in [-0.2, -0.15) is 0 Å². The molecule has 0 radical (unpaired) electrons. The summed E-state index contributed by atoms with van der Waals surface area (Å²) in [7, 11) is 4.14. The molecule has 0 bridgehead atoms.